The first-order valence-electron chi connectivity index (χ1n) is 21.8. The molecular weight excluding hydrogens is 819 g/mol. The molecule has 9 unspecified atom stereocenters. The second kappa shape index (κ2) is 25.0. The summed E-state index contributed by atoms with van der Waals surface area (Å²) in [5.74, 6) is 0. The number of anilines is 2. The van der Waals surface area contributed by atoms with E-state index in [0.29, 0.717) is 59.5 Å². The minimum atomic E-state index is -0.729. The number of ether oxygens (including phenoxy) is 10. The number of rotatable bonds is 30. The van der Waals surface area contributed by atoms with E-state index in [0.717, 1.165) is 4.57 Å². The van der Waals surface area contributed by atoms with Gasteiger partial charge in [0.1, 0.15) is 0 Å². The van der Waals surface area contributed by atoms with Crippen molar-refractivity contribution in [3.8, 4) is 0 Å². The van der Waals surface area contributed by atoms with E-state index in [1.807, 2.05) is 55.4 Å². The van der Waals surface area contributed by atoms with Gasteiger partial charge in [0.25, 0.3) is 11.1 Å². The molecule has 0 aliphatic rings. The van der Waals surface area contributed by atoms with E-state index in [9.17, 15) is 19.2 Å². The largest absolute Gasteiger partial charge is 0.397 e. The summed E-state index contributed by atoms with van der Waals surface area (Å²) >= 11 is 0. The van der Waals surface area contributed by atoms with Gasteiger partial charge in [0, 0.05) is 17.9 Å². The predicted octanol–water partition coefficient (Wildman–Crippen LogP) is 3.89. The third-order valence-corrected chi connectivity index (χ3v) is 10.5. The van der Waals surface area contributed by atoms with Crippen molar-refractivity contribution in [2.45, 2.75) is 117 Å². The lowest BCUT2D eigenvalue weighted by molar-refractivity contribution is -0.110. The zero-order valence-corrected chi connectivity index (χ0v) is 38.6. The highest BCUT2D eigenvalue weighted by molar-refractivity contribution is 6.20. The van der Waals surface area contributed by atoms with Crippen LogP contribution in [0.1, 0.15) is 68.4 Å². The average molecular weight is 888 g/mol. The van der Waals surface area contributed by atoms with Crippen LogP contribution in [0.4, 0.5) is 11.4 Å². The fourth-order valence-corrected chi connectivity index (χ4v) is 6.84. The van der Waals surface area contributed by atoms with Crippen molar-refractivity contribution in [1.29, 1.82) is 0 Å². The van der Waals surface area contributed by atoms with Crippen molar-refractivity contribution in [2.75, 3.05) is 91.3 Å². The van der Waals surface area contributed by atoms with Crippen LogP contribution in [0.25, 0.3) is 32.3 Å². The summed E-state index contributed by atoms with van der Waals surface area (Å²) in [6.45, 7) is 21.3. The fourth-order valence-electron chi connectivity index (χ4n) is 6.84. The molecule has 4 N–H and O–H groups in total. The zero-order chi connectivity index (χ0) is 46.4. The van der Waals surface area contributed by atoms with Gasteiger partial charge in [-0.1, -0.05) is 24.3 Å². The molecule has 0 amide bonds. The minimum absolute atomic E-state index is 0.0110. The van der Waals surface area contributed by atoms with Crippen molar-refractivity contribution < 1.29 is 47.4 Å². The van der Waals surface area contributed by atoms with Crippen molar-refractivity contribution in [2.24, 2.45) is 0 Å². The molecule has 352 valence electrons. The summed E-state index contributed by atoms with van der Waals surface area (Å²) in [6, 6.07) is 5.55. The van der Waals surface area contributed by atoms with E-state index in [2.05, 4.69) is 0 Å². The maximum Gasteiger partial charge on any atom is 0.264 e. The van der Waals surface area contributed by atoms with Crippen LogP contribution in [0.15, 0.2) is 43.4 Å². The van der Waals surface area contributed by atoms with Crippen LogP contribution in [-0.4, -0.2) is 133 Å². The summed E-state index contributed by atoms with van der Waals surface area (Å²) in [4.78, 5) is 54.2. The first-order chi connectivity index (χ1) is 30.0. The van der Waals surface area contributed by atoms with Crippen molar-refractivity contribution in [1.82, 2.24) is 4.57 Å². The summed E-state index contributed by atoms with van der Waals surface area (Å²) in [5, 5.41) is -0.365. The van der Waals surface area contributed by atoms with Gasteiger partial charge in [-0.15, -0.1) is 0 Å². The molecule has 9 atom stereocenters. The van der Waals surface area contributed by atoms with Crippen LogP contribution >= 0.6 is 0 Å². The number of hydrogen-bond donors (Lipinski definition) is 2. The maximum absolute atomic E-state index is 13.7. The number of methoxy groups -OCH3 is 1. The third kappa shape index (κ3) is 14.3. The molecule has 0 fully saturated rings. The van der Waals surface area contributed by atoms with Crippen LogP contribution in [0.3, 0.4) is 0 Å². The molecule has 63 heavy (non-hydrogen) atoms. The van der Waals surface area contributed by atoms with E-state index in [4.69, 9.17) is 58.8 Å². The quantitative estimate of drug-likeness (QED) is 0.0329. The minimum Gasteiger partial charge on any atom is -0.397 e. The van der Waals surface area contributed by atoms with Gasteiger partial charge in [0.2, 0.25) is 0 Å². The van der Waals surface area contributed by atoms with Crippen molar-refractivity contribution in [3.05, 3.63) is 65.4 Å². The molecule has 0 aliphatic heterocycles. The lowest BCUT2D eigenvalue weighted by Crippen LogP contribution is -2.33. The van der Waals surface area contributed by atoms with Crippen molar-refractivity contribution >= 4 is 43.7 Å². The number of nitrogens with zero attached hydrogens (tertiary/aromatic N) is 1. The first-order valence-corrected chi connectivity index (χ1v) is 21.8. The first kappa shape index (κ1) is 51.8. The van der Waals surface area contributed by atoms with Crippen LogP contribution in [0, 0.1) is 0 Å². The topological polar surface area (TPSA) is 218 Å². The number of nitrogen functional groups attached to an aromatic ring is 2. The monoisotopic (exact) mass is 887 g/mol. The average Bonchev–Trinajstić information content (AvgIpc) is 3.54. The Balaban J connectivity index is 1.12. The van der Waals surface area contributed by atoms with Gasteiger partial charge in [-0.25, -0.2) is 0 Å². The highest BCUT2D eigenvalue weighted by Gasteiger charge is 2.27. The number of nitrogens with two attached hydrogens (primary N) is 2. The molecule has 0 spiro atoms. The van der Waals surface area contributed by atoms with E-state index >= 15 is 0 Å². The van der Waals surface area contributed by atoms with Gasteiger partial charge >= 0.3 is 0 Å². The standard InChI is InChI=1S/C46H69N3O14/c1-26(49-45(52)39-40(46(49)53)42(48)38-37(41(39)47)43(50)35-13-11-12-14-36(35)44(38)51)17-56-28(3)19-58-30(5)21-60-32(7)23-62-34(9)25-63-33(8)24-61-31(6)22-59-29(4)20-57-27(2)18-55-16-15-54-10/h11-14,26-34H,15-25,47-48H2,1-10H3. The Bertz CT molecular complexity index is 2150. The molecule has 1 aromatic heterocycles. The SMILES string of the molecule is COCCOCC(C)OCC(C)OCC(C)OCC(C)OCC(C)OCC(C)OCC(C)OCC(C)OCC(C)n1c(=O)c2c(N)c3c(=O)c4ccccc4c(=O)c3c(N)c2c1=O. The Labute approximate surface area is 368 Å². The summed E-state index contributed by atoms with van der Waals surface area (Å²) in [5.41, 5.74) is 9.79. The van der Waals surface area contributed by atoms with Gasteiger partial charge in [-0.2, -0.15) is 0 Å². The Kier molecular flexibility index (Phi) is 20.5. The molecule has 0 radical (unpaired) electrons. The second-order valence-electron chi connectivity index (χ2n) is 16.6. The Morgan fingerprint density at radius 2 is 0.746 bits per heavy atom. The smallest absolute Gasteiger partial charge is 0.264 e. The number of aromatic nitrogens is 1. The van der Waals surface area contributed by atoms with Crippen LogP contribution in [0.5, 0.6) is 0 Å². The molecular formula is C46H69N3O14. The molecule has 1 heterocycles. The van der Waals surface area contributed by atoms with Gasteiger partial charge in [-0.3, -0.25) is 23.7 Å². The van der Waals surface area contributed by atoms with Crippen LogP contribution in [-0.2, 0) is 47.4 Å². The van der Waals surface area contributed by atoms with E-state index in [-0.39, 0.29) is 99.6 Å². The molecule has 0 aliphatic carbocycles. The van der Waals surface area contributed by atoms with Crippen LogP contribution < -0.4 is 33.4 Å². The molecule has 4 aromatic rings. The van der Waals surface area contributed by atoms with Gasteiger partial charge < -0.3 is 58.8 Å². The summed E-state index contributed by atoms with van der Waals surface area (Å²) < 4.78 is 58.8. The Morgan fingerprint density at radius 3 is 1.06 bits per heavy atom. The van der Waals surface area contributed by atoms with Gasteiger partial charge in [0.15, 0.2) is 10.9 Å². The summed E-state index contributed by atoms with van der Waals surface area (Å²) in [7, 11) is 1.64. The molecule has 0 bridgehead atoms. The van der Waals surface area contributed by atoms with E-state index in [1.54, 1.807) is 26.2 Å². The lowest BCUT2D eigenvalue weighted by Gasteiger charge is -2.23. The number of fused-ring (bicyclic) bond motifs is 3. The molecule has 0 saturated heterocycles. The van der Waals surface area contributed by atoms with E-state index in [1.165, 1.54) is 12.1 Å². The van der Waals surface area contributed by atoms with Gasteiger partial charge in [0.05, 0.1) is 160 Å². The molecule has 17 heteroatoms. The van der Waals surface area contributed by atoms with Crippen LogP contribution in [0.2, 0.25) is 0 Å². The number of benzene rings is 3. The molecule has 4 rings (SSSR count). The maximum atomic E-state index is 13.7. The summed E-state index contributed by atoms with van der Waals surface area (Å²) in [6.07, 6.45) is -1.36. The van der Waals surface area contributed by atoms with Gasteiger partial charge in [-0.05, 0) is 62.3 Å². The molecule has 3 aromatic carbocycles. The zero-order valence-electron chi connectivity index (χ0n) is 38.6. The highest BCUT2D eigenvalue weighted by atomic mass is 16.6. The fraction of sp³-hybridized carbons (Fsp3) is 0.652. The Hall–Kier alpha value is -3.88. The second-order valence-corrected chi connectivity index (χ2v) is 16.6. The normalized spacial score (nSPS) is 16.6. The molecule has 17 nitrogen and oxygen atoms in total. The lowest BCUT2D eigenvalue weighted by atomic mass is 9.97. The van der Waals surface area contributed by atoms with Crippen molar-refractivity contribution in [3.63, 3.8) is 0 Å². The van der Waals surface area contributed by atoms with E-state index < -0.39 is 34.1 Å². The highest BCUT2D eigenvalue weighted by Crippen LogP contribution is 2.32. The predicted molar refractivity (Wildman–Crippen MR) is 244 cm³/mol. The Morgan fingerprint density at radius 1 is 0.444 bits per heavy atom. The molecule has 0 saturated carbocycles. The number of hydrogen-bond acceptors (Lipinski definition) is 16. The third-order valence-electron chi connectivity index (χ3n) is 10.5.